The molecule has 0 saturated heterocycles. The molecular formula is C17H28Cl2N2. The first-order valence-electron chi connectivity index (χ1n) is 8.09. The fourth-order valence-corrected chi connectivity index (χ4v) is 3.15. The third-order valence-corrected chi connectivity index (χ3v) is 4.27. The van der Waals surface area contributed by atoms with Gasteiger partial charge in [-0.1, -0.05) is 81.5 Å². The van der Waals surface area contributed by atoms with E-state index in [1.165, 1.54) is 51.4 Å². The topological polar surface area (TPSA) is 38.0 Å². The fraction of sp³-hybridized carbons (Fsp3) is 0.647. The fourth-order valence-electron chi connectivity index (χ4n) is 2.60. The molecule has 0 aliphatic carbocycles. The Morgan fingerprint density at radius 3 is 1.95 bits per heavy atom. The lowest BCUT2D eigenvalue weighted by Gasteiger charge is -2.17. The Hall–Kier alpha value is -0.280. The summed E-state index contributed by atoms with van der Waals surface area (Å²) >= 11 is 12.1. The number of hydrogen-bond acceptors (Lipinski definition) is 2. The maximum absolute atomic E-state index is 6.04. The molecule has 1 unspecified atom stereocenters. The molecule has 0 aromatic heterocycles. The third-order valence-electron chi connectivity index (χ3n) is 3.83. The van der Waals surface area contributed by atoms with Crippen molar-refractivity contribution in [3.63, 3.8) is 0 Å². The summed E-state index contributed by atoms with van der Waals surface area (Å²) in [5.41, 5.74) is 3.94. The van der Waals surface area contributed by atoms with Crippen molar-refractivity contribution in [2.24, 2.45) is 5.84 Å². The van der Waals surface area contributed by atoms with Crippen molar-refractivity contribution in [2.75, 3.05) is 0 Å². The molecule has 0 saturated carbocycles. The lowest BCUT2D eigenvalue weighted by molar-refractivity contribution is 0.475. The molecule has 0 fully saturated rings. The summed E-state index contributed by atoms with van der Waals surface area (Å²) in [4.78, 5) is 0. The van der Waals surface area contributed by atoms with Gasteiger partial charge in [0.25, 0.3) is 0 Å². The molecule has 0 bridgehead atoms. The van der Waals surface area contributed by atoms with Gasteiger partial charge < -0.3 is 0 Å². The molecule has 1 aromatic carbocycles. The molecule has 2 nitrogen and oxygen atoms in total. The second-order valence-electron chi connectivity index (χ2n) is 5.69. The monoisotopic (exact) mass is 330 g/mol. The molecule has 0 radical (unpaired) electrons. The molecule has 0 spiro atoms. The molecule has 1 atom stereocenters. The van der Waals surface area contributed by atoms with Gasteiger partial charge in [-0.25, -0.2) is 0 Å². The van der Waals surface area contributed by atoms with Crippen molar-refractivity contribution < 1.29 is 0 Å². The highest BCUT2D eigenvalue weighted by atomic mass is 35.5. The van der Waals surface area contributed by atoms with Crippen molar-refractivity contribution in [1.82, 2.24) is 5.43 Å². The number of hydrazine groups is 1. The van der Waals surface area contributed by atoms with Gasteiger partial charge in [0.15, 0.2) is 0 Å². The molecule has 0 aliphatic rings. The van der Waals surface area contributed by atoms with Gasteiger partial charge in [-0.15, -0.1) is 0 Å². The van der Waals surface area contributed by atoms with Crippen LogP contribution >= 0.6 is 23.2 Å². The van der Waals surface area contributed by atoms with Crippen molar-refractivity contribution in [3.8, 4) is 0 Å². The number of rotatable bonds is 11. The minimum absolute atomic E-state index is 0.126. The predicted molar refractivity (Wildman–Crippen MR) is 93.8 cm³/mol. The number of halogens is 2. The van der Waals surface area contributed by atoms with Gasteiger partial charge in [0, 0.05) is 16.1 Å². The Kier molecular flexibility index (Phi) is 10.1. The molecule has 21 heavy (non-hydrogen) atoms. The Bertz CT molecular complexity index is 376. The Balaban J connectivity index is 2.25. The van der Waals surface area contributed by atoms with Crippen LogP contribution in [0, 0.1) is 0 Å². The van der Waals surface area contributed by atoms with Crippen LogP contribution < -0.4 is 11.3 Å². The average molecular weight is 331 g/mol. The summed E-state index contributed by atoms with van der Waals surface area (Å²) in [6.07, 6.45) is 11.6. The molecule has 1 aromatic rings. The van der Waals surface area contributed by atoms with E-state index in [0.717, 1.165) is 12.0 Å². The molecule has 0 heterocycles. The number of benzene rings is 1. The van der Waals surface area contributed by atoms with Crippen molar-refractivity contribution in [3.05, 3.63) is 33.8 Å². The van der Waals surface area contributed by atoms with Crippen molar-refractivity contribution >= 4 is 23.2 Å². The largest absolute Gasteiger partial charge is 0.271 e. The number of nitrogens with two attached hydrogens (primary N) is 1. The van der Waals surface area contributed by atoms with Gasteiger partial charge in [0.05, 0.1) is 0 Å². The van der Waals surface area contributed by atoms with Crippen LogP contribution in [0.2, 0.25) is 10.0 Å². The molecule has 0 aliphatic heterocycles. The van der Waals surface area contributed by atoms with E-state index in [9.17, 15) is 0 Å². The first-order chi connectivity index (χ1) is 10.2. The van der Waals surface area contributed by atoms with Crippen LogP contribution in [-0.4, -0.2) is 0 Å². The summed E-state index contributed by atoms with van der Waals surface area (Å²) in [5.74, 6) is 5.66. The van der Waals surface area contributed by atoms with Gasteiger partial charge in [0.2, 0.25) is 0 Å². The van der Waals surface area contributed by atoms with E-state index < -0.39 is 0 Å². The maximum atomic E-state index is 6.04. The van der Waals surface area contributed by atoms with E-state index >= 15 is 0 Å². The standard InChI is InChI=1S/C17H28Cl2N2/c1-2-3-4-5-6-7-8-9-10-17(21-20)14-11-15(18)13-16(19)12-14/h11-13,17,21H,2-10,20H2,1H3. The predicted octanol–water partition coefficient (Wildman–Crippen LogP) is 6.03. The summed E-state index contributed by atoms with van der Waals surface area (Å²) in [6.45, 7) is 2.25. The quantitative estimate of drug-likeness (QED) is 0.295. The van der Waals surface area contributed by atoms with Gasteiger partial charge in [-0.05, 0) is 30.2 Å². The van der Waals surface area contributed by atoms with E-state index in [1.807, 2.05) is 12.1 Å². The zero-order chi connectivity index (χ0) is 15.5. The summed E-state index contributed by atoms with van der Waals surface area (Å²) in [7, 11) is 0. The minimum Gasteiger partial charge on any atom is -0.271 e. The van der Waals surface area contributed by atoms with E-state index in [2.05, 4.69) is 12.3 Å². The average Bonchev–Trinajstić information content (AvgIpc) is 2.44. The van der Waals surface area contributed by atoms with Crippen LogP contribution in [0.4, 0.5) is 0 Å². The Morgan fingerprint density at radius 2 is 1.43 bits per heavy atom. The summed E-state index contributed by atoms with van der Waals surface area (Å²) in [6, 6.07) is 5.74. The normalized spacial score (nSPS) is 12.6. The first kappa shape index (κ1) is 18.8. The first-order valence-corrected chi connectivity index (χ1v) is 8.85. The molecular weight excluding hydrogens is 303 g/mol. The van der Waals surface area contributed by atoms with Crippen LogP contribution in [0.3, 0.4) is 0 Å². The highest BCUT2D eigenvalue weighted by molar-refractivity contribution is 6.34. The van der Waals surface area contributed by atoms with Gasteiger partial charge >= 0.3 is 0 Å². The van der Waals surface area contributed by atoms with Crippen molar-refractivity contribution in [1.29, 1.82) is 0 Å². The minimum atomic E-state index is 0.126. The summed E-state index contributed by atoms with van der Waals surface area (Å²) in [5, 5.41) is 1.32. The van der Waals surface area contributed by atoms with Gasteiger partial charge in [-0.2, -0.15) is 0 Å². The highest BCUT2D eigenvalue weighted by Crippen LogP contribution is 2.26. The SMILES string of the molecule is CCCCCCCCCCC(NN)c1cc(Cl)cc(Cl)c1. The third kappa shape index (κ3) is 8.06. The highest BCUT2D eigenvalue weighted by Gasteiger charge is 2.10. The maximum Gasteiger partial charge on any atom is 0.0461 e. The molecule has 120 valence electrons. The summed E-state index contributed by atoms with van der Waals surface area (Å²) < 4.78 is 0. The Labute approximate surface area is 139 Å². The van der Waals surface area contributed by atoms with Crippen LogP contribution in [0.15, 0.2) is 18.2 Å². The molecule has 4 heteroatoms. The smallest absolute Gasteiger partial charge is 0.0461 e. The zero-order valence-corrected chi connectivity index (χ0v) is 14.5. The van der Waals surface area contributed by atoms with Crippen LogP contribution in [0.5, 0.6) is 0 Å². The van der Waals surface area contributed by atoms with Crippen molar-refractivity contribution in [2.45, 2.75) is 70.8 Å². The molecule has 1 rings (SSSR count). The van der Waals surface area contributed by atoms with Crippen LogP contribution in [-0.2, 0) is 0 Å². The van der Waals surface area contributed by atoms with E-state index in [1.54, 1.807) is 6.07 Å². The Morgan fingerprint density at radius 1 is 0.905 bits per heavy atom. The number of hydrogen-bond donors (Lipinski definition) is 2. The van der Waals surface area contributed by atoms with Crippen LogP contribution in [0.25, 0.3) is 0 Å². The van der Waals surface area contributed by atoms with Crippen LogP contribution in [0.1, 0.15) is 76.3 Å². The second-order valence-corrected chi connectivity index (χ2v) is 6.56. The van der Waals surface area contributed by atoms with E-state index in [0.29, 0.717) is 10.0 Å². The lowest BCUT2D eigenvalue weighted by atomic mass is 10.00. The lowest BCUT2D eigenvalue weighted by Crippen LogP contribution is -2.28. The van der Waals surface area contributed by atoms with Gasteiger partial charge in [-0.3, -0.25) is 11.3 Å². The van der Waals surface area contributed by atoms with E-state index in [4.69, 9.17) is 29.0 Å². The van der Waals surface area contributed by atoms with E-state index in [-0.39, 0.29) is 6.04 Å². The number of unbranched alkanes of at least 4 members (excludes halogenated alkanes) is 7. The molecule has 3 N–H and O–H groups in total. The van der Waals surface area contributed by atoms with Gasteiger partial charge in [0.1, 0.15) is 0 Å². The number of nitrogens with one attached hydrogen (secondary N) is 1. The zero-order valence-electron chi connectivity index (χ0n) is 13.0. The second kappa shape index (κ2) is 11.3. The molecule has 0 amide bonds.